The summed E-state index contributed by atoms with van der Waals surface area (Å²) >= 11 is 0. The summed E-state index contributed by atoms with van der Waals surface area (Å²) in [5, 5.41) is 0. The van der Waals surface area contributed by atoms with Crippen LogP contribution in [0.1, 0.15) is 39.0 Å². The van der Waals surface area contributed by atoms with Gasteiger partial charge in [0.2, 0.25) is 0 Å². The summed E-state index contributed by atoms with van der Waals surface area (Å²) in [6.45, 7) is 2.25. The summed E-state index contributed by atoms with van der Waals surface area (Å²) in [6.07, 6.45) is 13.3. The van der Waals surface area contributed by atoms with Crippen LogP contribution in [0.4, 0.5) is 0 Å². The van der Waals surface area contributed by atoms with E-state index in [2.05, 4.69) is 37.3 Å². The minimum absolute atomic E-state index is 0. The van der Waals surface area contributed by atoms with Crippen molar-refractivity contribution in [3.63, 3.8) is 0 Å². The molecule has 0 atom stereocenters. The van der Waals surface area contributed by atoms with E-state index < -0.39 is 0 Å². The van der Waals surface area contributed by atoms with Crippen molar-refractivity contribution in [1.82, 2.24) is 0 Å². The smallest absolute Gasteiger partial charge is 0.184 e. The number of rotatable bonds is 1. The second-order valence-corrected chi connectivity index (χ2v) is 4.96. The molecule has 0 N–H and O–H groups in total. The van der Waals surface area contributed by atoms with Crippen LogP contribution in [-0.2, 0) is 21.1 Å². The van der Waals surface area contributed by atoms with Gasteiger partial charge in [0.25, 0.3) is 0 Å². The SMILES string of the molecule is CC/C1=C/CC/C=C\CC1.[Pt+2].[c-]1ccccc1.[c-]1ccccc1. The molecule has 1 aliphatic carbocycles. The van der Waals surface area contributed by atoms with Gasteiger partial charge in [0.15, 0.2) is 0 Å². The quantitative estimate of drug-likeness (QED) is 0.323. The molecule has 2 aromatic rings. The van der Waals surface area contributed by atoms with Crippen molar-refractivity contribution in [3.8, 4) is 0 Å². The third-order valence-corrected chi connectivity index (χ3v) is 3.23. The predicted molar refractivity (Wildman–Crippen MR) is 96.5 cm³/mol. The largest absolute Gasteiger partial charge is 2.00 e. The fourth-order valence-corrected chi connectivity index (χ4v) is 2.00. The van der Waals surface area contributed by atoms with E-state index in [0.717, 1.165) is 0 Å². The molecule has 0 saturated carbocycles. The molecule has 0 fully saturated rings. The van der Waals surface area contributed by atoms with Crippen molar-refractivity contribution < 1.29 is 21.1 Å². The molecule has 0 aliphatic heterocycles. The van der Waals surface area contributed by atoms with E-state index in [1.54, 1.807) is 5.57 Å². The van der Waals surface area contributed by atoms with E-state index in [4.69, 9.17) is 0 Å². The standard InChI is InChI=1S/C10H16.2C6H5.Pt/c1-2-10-8-6-4-3-5-7-9-10;2*1-2-4-6-5-3-1;/h3-4,9H,2,5-8H2,1H3;2*1-5H;/q;2*-1;+2/b4-3-,10-9-;;;. The van der Waals surface area contributed by atoms with Gasteiger partial charge >= 0.3 is 21.1 Å². The van der Waals surface area contributed by atoms with Crippen molar-refractivity contribution in [1.29, 1.82) is 0 Å². The third-order valence-electron chi connectivity index (χ3n) is 3.23. The molecule has 0 amide bonds. The molecule has 0 bridgehead atoms. The number of allylic oxidation sites excluding steroid dienone is 4. The second-order valence-electron chi connectivity index (χ2n) is 4.96. The van der Waals surface area contributed by atoms with E-state index in [1.165, 1.54) is 32.1 Å². The summed E-state index contributed by atoms with van der Waals surface area (Å²) in [5.41, 5.74) is 1.64. The van der Waals surface area contributed by atoms with E-state index in [0.29, 0.717) is 0 Å². The van der Waals surface area contributed by atoms with Gasteiger partial charge in [-0.05, 0) is 32.1 Å². The van der Waals surface area contributed by atoms with Crippen molar-refractivity contribution in [2.24, 2.45) is 0 Å². The van der Waals surface area contributed by atoms with Gasteiger partial charge in [-0.2, -0.15) is 72.8 Å². The van der Waals surface area contributed by atoms with Crippen LogP contribution in [0.5, 0.6) is 0 Å². The summed E-state index contributed by atoms with van der Waals surface area (Å²) in [5.74, 6) is 0. The van der Waals surface area contributed by atoms with Crippen LogP contribution in [0.3, 0.4) is 0 Å². The molecule has 0 saturated heterocycles. The number of hydrogen-bond acceptors (Lipinski definition) is 0. The van der Waals surface area contributed by atoms with Crippen molar-refractivity contribution in [2.45, 2.75) is 39.0 Å². The van der Waals surface area contributed by atoms with Crippen LogP contribution in [0.25, 0.3) is 0 Å². The van der Waals surface area contributed by atoms with Crippen molar-refractivity contribution in [3.05, 3.63) is 96.6 Å². The summed E-state index contributed by atoms with van der Waals surface area (Å²) in [6, 6.07) is 25.0. The first-order valence-corrected chi connectivity index (χ1v) is 8.08. The fourth-order valence-electron chi connectivity index (χ4n) is 2.00. The Bertz CT molecular complexity index is 415. The molecule has 1 heteroatoms. The van der Waals surface area contributed by atoms with Crippen LogP contribution in [0, 0.1) is 12.1 Å². The maximum atomic E-state index is 2.89. The average Bonchev–Trinajstić information content (AvgIpc) is 2.59. The summed E-state index contributed by atoms with van der Waals surface area (Å²) < 4.78 is 0. The molecule has 0 spiro atoms. The topological polar surface area (TPSA) is 0 Å². The Kier molecular flexibility index (Phi) is 15.9. The minimum Gasteiger partial charge on any atom is -0.184 e. The van der Waals surface area contributed by atoms with Gasteiger partial charge < -0.3 is 0 Å². The molecule has 0 unspecified atom stereocenters. The number of benzene rings is 2. The van der Waals surface area contributed by atoms with Crippen molar-refractivity contribution >= 4 is 0 Å². The molecule has 1 aliphatic rings. The molecule has 0 nitrogen and oxygen atoms in total. The van der Waals surface area contributed by atoms with Gasteiger partial charge in [-0.15, -0.1) is 0 Å². The van der Waals surface area contributed by atoms with Crippen LogP contribution >= 0.6 is 0 Å². The minimum atomic E-state index is 0. The maximum Gasteiger partial charge on any atom is 2.00 e. The van der Waals surface area contributed by atoms with Gasteiger partial charge in [-0.3, -0.25) is 0 Å². The van der Waals surface area contributed by atoms with Crippen LogP contribution < -0.4 is 0 Å². The Morgan fingerprint density at radius 2 is 1.26 bits per heavy atom. The summed E-state index contributed by atoms with van der Waals surface area (Å²) in [4.78, 5) is 0. The summed E-state index contributed by atoms with van der Waals surface area (Å²) in [7, 11) is 0. The molecule has 0 heterocycles. The Labute approximate surface area is 156 Å². The Morgan fingerprint density at radius 3 is 1.65 bits per heavy atom. The van der Waals surface area contributed by atoms with E-state index in [9.17, 15) is 0 Å². The third kappa shape index (κ3) is 14.0. The zero-order valence-corrected chi connectivity index (χ0v) is 16.1. The van der Waals surface area contributed by atoms with Gasteiger partial charge in [-0.1, -0.05) is 30.7 Å². The molecule has 0 aromatic heterocycles. The molecular formula is C22H26Pt. The van der Waals surface area contributed by atoms with Crippen molar-refractivity contribution in [2.75, 3.05) is 0 Å². The fraction of sp³-hybridized carbons (Fsp3) is 0.273. The predicted octanol–water partition coefficient (Wildman–Crippen LogP) is 6.42. The average molecular weight is 486 g/mol. The zero-order valence-electron chi connectivity index (χ0n) is 13.9. The van der Waals surface area contributed by atoms with Gasteiger partial charge in [0, 0.05) is 0 Å². The van der Waals surface area contributed by atoms with E-state index >= 15 is 0 Å². The molecule has 2 aromatic carbocycles. The first kappa shape index (κ1) is 21.6. The van der Waals surface area contributed by atoms with Gasteiger partial charge in [0.1, 0.15) is 0 Å². The van der Waals surface area contributed by atoms with E-state index in [1.807, 2.05) is 60.7 Å². The first-order valence-electron chi connectivity index (χ1n) is 8.08. The van der Waals surface area contributed by atoms with Crippen LogP contribution in [0.2, 0.25) is 0 Å². The maximum absolute atomic E-state index is 2.89. The monoisotopic (exact) mass is 485 g/mol. The molecule has 23 heavy (non-hydrogen) atoms. The normalized spacial score (nSPS) is 16.3. The molecule has 3 rings (SSSR count). The van der Waals surface area contributed by atoms with Gasteiger partial charge in [0.05, 0.1) is 0 Å². The Hall–Kier alpha value is -1.39. The van der Waals surface area contributed by atoms with Crippen LogP contribution in [0.15, 0.2) is 84.5 Å². The first-order chi connectivity index (χ1) is 10.9. The number of hydrogen-bond donors (Lipinski definition) is 0. The zero-order chi connectivity index (χ0) is 15.7. The molecular weight excluding hydrogens is 459 g/mol. The Morgan fingerprint density at radius 1 is 0.739 bits per heavy atom. The molecule has 0 radical (unpaired) electrons. The van der Waals surface area contributed by atoms with Crippen LogP contribution in [-0.4, -0.2) is 0 Å². The second kappa shape index (κ2) is 17.0. The molecule has 124 valence electrons. The van der Waals surface area contributed by atoms with E-state index in [-0.39, 0.29) is 21.1 Å². The Balaban J connectivity index is 0.000000325. The van der Waals surface area contributed by atoms with Gasteiger partial charge in [-0.25, -0.2) is 0 Å².